The van der Waals surface area contributed by atoms with E-state index in [1.807, 2.05) is 16.3 Å². The first-order valence-corrected chi connectivity index (χ1v) is 6.33. The number of hydrogen-bond acceptors (Lipinski definition) is 5. The van der Waals surface area contributed by atoms with Crippen molar-refractivity contribution in [3.05, 3.63) is 17.8 Å². The third-order valence-corrected chi connectivity index (χ3v) is 3.56. The second-order valence-electron chi connectivity index (χ2n) is 3.96. The highest BCUT2D eigenvalue weighted by atomic mass is 32.1. The highest BCUT2D eigenvalue weighted by molar-refractivity contribution is 7.13. The van der Waals surface area contributed by atoms with Crippen molar-refractivity contribution in [1.29, 1.82) is 0 Å². The molecular weight excluding hydrogens is 222 g/mol. The van der Waals surface area contributed by atoms with Crippen molar-refractivity contribution in [3.63, 3.8) is 0 Å². The molecule has 1 aliphatic rings. The van der Waals surface area contributed by atoms with Crippen molar-refractivity contribution in [2.24, 2.45) is 0 Å². The molecule has 0 amide bonds. The van der Waals surface area contributed by atoms with Crippen LogP contribution in [-0.4, -0.2) is 32.6 Å². The number of rotatable bonds is 3. The topological polar surface area (TPSA) is 55.6 Å². The summed E-state index contributed by atoms with van der Waals surface area (Å²) in [5.74, 6) is 0. The lowest BCUT2D eigenvalue weighted by molar-refractivity contribution is 0.466. The molecule has 0 bridgehead atoms. The average molecular weight is 235 g/mol. The van der Waals surface area contributed by atoms with Gasteiger partial charge in [0.25, 0.3) is 0 Å². The maximum absolute atomic E-state index is 4.22. The molecular formula is C10H13N5S. The van der Waals surface area contributed by atoms with E-state index in [4.69, 9.17) is 0 Å². The fourth-order valence-corrected chi connectivity index (χ4v) is 2.56. The Morgan fingerprint density at radius 2 is 2.56 bits per heavy atom. The van der Waals surface area contributed by atoms with Crippen LogP contribution in [0.1, 0.15) is 12.8 Å². The van der Waals surface area contributed by atoms with Gasteiger partial charge >= 0.3 is 0 Å². The summed E-state index contributed by atoms with van der Waals surface area (Å²) in [6.45, 7) is 2.02. The molecule has 0 radical (unpaired) electrons. The van der Waals surface area contributed by atoms with Crippen LogP contribution in [0, 0.1) is 0 Å². The van der Waals surface area contributed by atoms with Crippen LogP contribution in [0.3, 0.4) is 0 Å². The molecule has 2 aromatic heterocycles. The van der Waals surface area contributed by atoms with Crippen molar-refractivity contribution in [2.45, 2.75) is 25.4 Å². The molecule has 1 aliphatic heterocycles. The smallest absolute Gasteiger partial charge is 0.145 e. The predicted octanol–water partition coefficient (Wildman–Crippen LogP) is 1.15. The van der Waals surface area contributed by atoms with Crippen LogP contribution in [0.5, 0.6) is 0 Å². The van der Waals surface area contributed by atoms with E-state index in [2.05, 4.69) is 20.6 Å². The van der Waals surface area contributed by atoms with E-state index in [1.54, 1.807) is 17.5 Å². The van der Waals surface area contributed by atoms with Gasteiger partial charge in [0.15, 0.2) is 0 Å². The number of thiazole rings is 1. The van der Waals surface area contributed by atoms with Gasteiger partial charge < -0.3 is 5.32 Å². The molecule has 3 heterocycles. The number of hydrogen-bond donors (Lipinski definition) is 1. The fraction of sp³-hybridized carbons (Fsp3) is 0.500. The zero-order valence-corrected chi connectivity index (χ0v) is 9.65. The summed E-state index contributed by atoms with van der Waals surface area (Å²) in [7, 11) is 0. The highest BCUT2D eigenvalue weighted by Crippen LogP contribution is 2.18. The van der Waals surface area contributed by atoms with Gasteiger partial charge in [0, 0.05) is 17.6 Å². The normalized spacial score (nSPS) is 20.4. The van der Waals surface area contributed by atoms with Gasteiger partial charge in [-0.05, 0) is 19.4 Å². The molecule has 1 N–H and O–H groups in total. The molecule has 0 saturated carbocycles. The van der Waals surface area contributed by atoms with Crippen molar-refractivity contribution in [2.75, 3.05) is 6.54 Å². The Hall–Kier alpha value is -1.27. The van der Waals surface area contributed by atoms with Crippen molar-refractivity contribution < 1.29 is 0 Å². The molecule has 5 nitrogen and oxygen atoms in total. The monoisotopic (exact) mass is 235 g/mol. The van der Waals surface area contributed by atoms with Crippen LogP contribution in [0.25, 0.3) is 10.7 Å². The van der Waals surface area contributed by atoms with E-state index < -0.39 is 0 Å². The average Bonchev–Trinajstić information content (AvgIpc) is 2.99. The van der Waals surface area contributed by atoms with E-state index in [1.165, 1.54) is 12.8 Å². The molecule has 1 saturated heterocycles. The third kappa shape index (κ3) is 1.98. The Balaban J connectivity index is 1.72. The lowest BCUT2D eigenvalue weighted by atomic mass is 10.2. The summed E-state index contributed by atoms with van der Waals surface area (Å²) < 4.78 is 1.90. The quantitative estimate of drug-likeness (QED) is 0.867. The summed E-state index contributed by atoms with van der Waals surface area (Å²) >= 11 is 1.59. The van der Waals surface area contributed by atoms with Gasteiger partial charge in [0.1, 0.15) is 10.7 Å². The zero-order valence-electron chi connectivity index (χ0n) is 8.83. The summed E-state index contributed by atoms with van der Waals surface area (Å²) in [6, 6.07) is 0.547. The molecule has 2 aromatic rings. The summed E-state index contributed by atoms with van der Waals surface area (Å²) in [6.07, 6.45) is 6.25. The minimum atomic E-state index is 0.547. The summed E-state index contributed by atoms with van der Waals surface area (Å²) in [5, 5.41) is 14.6. The molecule has 1 fully saturated rings. The Morgan fingerprint density at radius 1 is 1.56 bits per heavy atom. The van der Waals surface area contributed by atoms with Crippen LogP contribution in [-0.2, 0) is 6.54 Å². The zero-order chi connectivity index (χ0) is 10.8. The third-order valence-electron chi connectivity index (χ3n) is 2.76. The first-order valence-electron chi connectivity index (χ1n) is 5.45. The van der Waals surface area contributed by atoms with Gasteiger partial charge in [-0.3, -0.25) is 4.68 Å². The Bertz CT molecular complexity index is 443. The Kier molecular flexibility index (Phi) is 2.67. The highest BCUT2D eigenvalue weighted by Gasteiger charge is 2.15. The van der Waals surface area contributed by atoms with E-state index in [0.29, 0.717) is 6.04 Å². The van der Waals surface area contributed by atoms with Crippen LogP contribution in [0.2, 0.25) is 0 Å². The number of nitrogens with one attached hydrogen (secondary N) is 1. The molecule has 0 spiro atoms. The van der Waals surface area contributed by atoms with Crippen molar-refractivity contribution in [3.8, 4) is 10.7 Å². The van der Waals surface area contributed by atoms with E-state index in [9.17, 15) is 0 Å². The first-order chi connectivity index (χ1) is 7.92. The van der Waals surface area contributed by atoms with Crippen LogP contribution < -0.4 is 5.32 Å². The predicted molar refractivity (Wildman–Crippen MR) is 62.2 cm³/mol. The largest absolute Gasteiger partial charge is 0.312 e. The Labute approximate surface area is 97.5 Å². The van der Waals surface area contributed by atoms with E-state index in [-0.39, 0.29) is 0 Å². The van der Waals surface area contributed by atoms with E-state index in [0.717, 1.165) is 23.8 Å². The van der Waals surface area contributed by atoms with Gasteiger partial charge in [-0.25, -0.2) is 4.98 Å². The summed E-state index contributed by atoms with van der Waals surface area (Å²) in [5.41, 5.74) is 0.869. The Morgan fingerprint density at radius 3 is 3.31 bits per heavy atom. The van der Waals surface area contributed by atoms with Gasteiger partial charge in [-0.1, -0.05) is 5.21 Å². The maximum atomic E-state index is 4.22. The maximum Gasteiger partial charge on any atom is 0.145 e. The standard InChI is InChI=1S/C10H13N5S/c1-2-8(11-3-1)6-15-7-9(13-14-15)10-12-4-5-16-10/h4-5,7-8,11H,1-3,6H2/t8-/m0/s1. The molecule has 3 rings (SSSR count). The van der Waals surface area contributed by atoms with Crippen LogP contribution >= 0.6 is 11.3 Å². The lowest BCUT2D eigenvalue weighted by Crippen LogP contribution is -2.26. The lowest BCUT2D eigenvalue weighted by Gasteiger charge is -2.08. The molecule has 0 aromatic carbocycles. The fourth-order valence-electron chi connectivity index (χ4n) is 1.97. The molecule has 16 heavy (non-hydrogen) atoms. The number of aromatic nitrogens is 4. The van der Waals surface area contributed by atoms with Crippen molar-refractivity contribution >= 4 is 11.3 Å². The molecule has 6 heteroatoms. The van der Waals surface area contributed by atoms with E-state index >= 15 is 0 Å². The SMILES string of the molecule is c1csc(-c2cn(C[C@@H]3CCCN3)nn2)n1. The first kappa shape index (κ1) is 9.92. The number of nitrogens with zero attached hydrogens (tertiary/aromatic N) is 4. The molecule has 84 valence electrons. The summed E-state index contributed by atoms with van der Waals surface area (Å²) in [4.78, 5) is 4.22. The van der Waals surface area contributed by atoms with Gasteiger partial charge in [-0.2, -0.15) is 0 Å². The van der Waals surface area contributed by atoms with Gasteiger partial charge in [-0.15, -0.1) is 16.4 Å². The van der Waals surface area contributed by atoms with Gasteiger partial charge in [0.05, 0.1) is 12.7 Å². The molecule has 0 unspecified atom stereocenters. The minimum absolute atomic E-state index is 0.547. The second-order valence-corrected chi connectivity index (χ2v) is 4.85. The molecule has 0 aliphatic carbocycles. The van der Waals surface area contributed by atoms with Crippen LogP contribution in [0.15, 0.2) is 17.8 Å². The van der Waals surface area contributed by atoms with Gasteiger partial charge in [0.2, 0.25) is 0 Å². The van der Waals surface area contributed by atoms with Crippen LogP contribution in [0.4, 0.5) is 0 Å². The molecule has 1 atom stereocenters. The van der Waals surface area contributed by atoms with Crippen molar-refractivity contribution in [1.82, 2.24) is 25.3 Å². The minimum Gasteiger partial charge on any atom is -0.312 e. The second kappa shape index (κ2) is 4.31.